The fourth-order valence-electron chi connectivity index (χ4n) is 5.56. The molecule has 47 heavy (non-hydrogen) atoms. The smallest absolute Gasteiger partial charge is 0.382 e. The van der Waals surface area contributed by atoms with Gasteiger partial charge in [-0.25, -0.2) is 33.1 Å². The lowest BCUT2D eigenvalue weighted by molar-refractivity contribution is -0.0615. The second-order valence-electron chi connectivity index (χ2n) is 10.7. The van der Waals surface area contributed by atoms with Gasteiger partial charge in [-0.2, -0.15) is 0 Å². The number of imidazole rings is 1. The molecular formula is C25H25F2N7O11P2. The summed E-state index contributed by atoms with van der Waals surface area (Å²) in [5.41, 5.74) is 4.73. The van der Waals surface area contributed by atoms with Crippen molar-refractivity contribution in [2.24, 2.45) is 0 Å². The van der Waals surface area contributed by atoms with Crippen molar-refractivity contribution in [3.05, 3.63) is 70.0 Å². The van der Waals surface area contributed by atoms with Crippen molar-refractivity contribution in [3.8, 4) is 11.1 Å². The Morgan fingerprint density at radius 1 is 1.00 bits per heavy atom. The van der Waals surface area contributed by atoms with Crippen LogP contribution < -0.4 is 17.0 Å². The monoisotopic (exact) mass is 699 g/mol. The summed E-state index contributed by atoms with van der Waals surface area (Å²) in [6, 6.07) is 8.18. The van der Waals surface area contributed by atoms with Crippen LogP contribution in [0.3, 0.4) is 0 Å². The fraction of sp³-hybridized carbons (Fsp3) is 0.400. The fourth-order valence-corrected chi connectivity index (χ4v) is 7.35. The van der Waals surface area contributed by atoms with Crippen LogP contribution in [0.4, 0.5) is 14.6 Å². The molecular weight excluding hydrogens is 674 g/mol. The zero-order valence-electron chi connectivity index (χ0n) is 23.7. The second kappa shape index (κ2) is 12.4. The van der Waals surface area contributed by atoms with E-state index in [1.807, 2.05) is 0 Å². The van der Waals surface area contributed by atoms with E-state index in [2.05, 4.69) is 19.9 Å². The number of fused-ring (bicyclic) bond motifs is 4. The number of phosphoric ester groups is 1. The zero-order valence-corrected chi connectivity index (χ0v) is 25.6. The molecule has 0 amide bonds. The molecule has 6 heterocycles. The molecule has 250 valence electrons. The first-order valence-electron chi connectivity index (χ1n) is 13.9. The number of aromatic nitrogens is 6. The summed E-state index contributed by atoms with van der Waals surface area (Å²) < 4.78 is 92.0. The number of hydrogen-bond acceptors (Lipinski definition) is 14. The number of nitrogens with one attached hydrogen (secondary N) is 1. The van der Waals surface area contributed by atoms with Gasteiger partial charge >= 0.3 is 21.8 Å². The summed E-state index contributed by atoms with van der Waals surface area (Å²) in [6.45, 7) is -1.66. The summed E-state index contributed by atoms with van der Waals surface area (Å²) in [5.74, 6) is 0.0225. The van der Waals surface area contributed by atoms with E-state index in [1.165, 1.54) is 10.9 Å². The van der Waals surface area contributed by atoms with Gasteiger partial charge in [0, 0.05) is 6.20 Å². The molecule has 3 aliphatic heterocycles. The summed E-state index contributed by atoms with van der Waals surface area (Å²) >= 11 is 0. The Balaban J connectivity index is 1.18. The van der Waals surface area contributed by atoms with Crippen molar-refractivity contribution in [1.29, 1.82) is 0 Å². The Hall–Kier alpha value is -3.71. The number of H-pyrrole nitrogens is 1. The Bertz CT molecular complexity index is 2000. The molecule has 1 aromatic carbocycles. The molecule has 0 radical (unpaired) electrons. The van der Waals surface area contributed by atoms with E-state index < -0.39 is 89.8 Å². The summed E-state index contributed by atoms with van der Waals surface area (Å²) in [7, 11) is -8.80. The summed E-state index contributed by atoms with van der Waals surface area (Å²) in [5, 5.41) is 0. The number of phosphoric acid groups is 1. The lowest BCUT2D eigenvalue weighted by atomic mass is 10.1. The van der Waals surface area contributed by atoms with E-state index in [1.54, 1.807) is 30.3 Å². The minimum atomic E-state index is -5.19. The molecule has 3 fully saturated rings. The van der Waals surface area contributed by atoms with Crippen LogP contribution in [0.5, 0.6) is 0 Å². The molecule has 2 unspecified atom stereocenters. The van der Waals surface area contributed by atoms with E-state index >= 15 is 8.78 Å². The van der Waals surface area contributed by atoms with Gasteiger partial charge in [0.05, 0.1) is 25.1 Å². The Morgan fingerprint density at radius 3 is 2.55 bits per heavy atom. The SMILES string of the molecule is Nc1ncnc2c1ncn2[C@@H]1O[C@@H]2COP(=O)(O)O[C@H]3[C@@H](F)[C@H](n4cc(-c5ccccc5)c(=O)[nH]c4=O)O[C@@H]3CO[PH](=O)O[C@@H]1[C@@H]2F. The van der Waals surface area contributed by atoms with Crippen molar-refractivity contribution in [2.75, 3.05) is 18.9 Å². The standard InChI is InChI=1S/C25H25F2N7O11P2/c26-15-13-8-41-47(38,39)45-18-14(43-23(16(18)27)33-6-12(22(35)32-25(33)36)11-4-2-1-3-5-11)7-40-46(37)44-19(15)24(42-13)34-10-31-17-20(28)29-9-30-21(17)34/h1-6,9-10,13-16,18-19,23-24,46H,7-8H2,(H,38,39)(H2,28,29,30)(H,32,35,36)/t13-,14-,15-,16-,18-,19-,23-,24-/m1/s1. The molecule has 22 heteroatoms. The average molecular weight is 699 g/mol. The number of nitrogens with zero attached hydrogens (tertiary/aromatic N) is 5. The van der Waals surface area contributed by atoms with Crippen LogP contribution in [-0.4, -0.2) is 83.9 Å². The Morgan fingerprint density at radius 2 is 1.77 bits per heavy atom. The number of rotatable bonds is 3. The maximum Gasteiger partial charge on any atom is 0.472 e. The van der Waals surface area contributed by atoms with Gasteiger partial charge in [-0.15, -0.1) is 0 Å². The highest BCUT2D eigenvalue weighted by atomic mass is 31.2. The first-order valence-corrected chi connectivity index (χ1v) is 16.6. The highest BCUT2D eigenvalue weighted by Crippen LogP contribution is 2.51. The van der Waals surface area contributed by atoms with Crippen LogP contribution >= 0.6 is 16.1 Å². The van der Waals surface area contributed by atoms with E-state index in [4.69, 9.17) is 33.3 Å². The van der Waals surface area contributed by atoms with Crippen LogP contribution in [0.15, 0.2) is 58.8 Å². The van der Waals surface area contributed by atoms with Gasteiger partial charge in [-0.1, -0.05) is 30.3 Å². The lowest BCUT2D eigenvalue weighted by Crippen LogP contribution is -2.37. The number of benzene rings is 1. The first-order chi connectivity index (χ1) is 22.5. The van der Waals surface area contributed by atoms with Crippen LogP contribution in [0.25, 0.3) is 22.3 Å². The van der Waals surface area contributed by atoms with Crippen LogP contribution in [0.2, 0.25) is 0 Å². The second-order valence-corrected chi connectivity index (χ2v) is 13.1. The molecule has 4 N–H and O–H groups in total. The normalized spacial score (nSPS) is 34.7. The van der Waals surface area contributed by atoms with E-state index in [-0.39, 0.29) is 22.5 Å². The number of alkyl halides is 2. The number of nitrogen functional groups attached to an aromatic ring is 1. The number of nitrogens with two attached hydrogens (primary N) is 1. The van der Waals surface area contributed by atoms with E-state index in [9.17, 15) is 23.6 Å². The largest absolute Gasteiger partial charge is 0.472 e. The molecule has 0 spiro atoms. The molecule has 10 atom stereocenters. The average Bonchev–Trinajstić information content (AvgIpc) is 3.70. The number of hydrogen-bond donors (Lipinski definition) is 3. The summed E-state index contributed by atoms with van der Waals surface area (Å²) in [4.78, 5) is 50.0. The van der Waals surface area contributed by atoms with Crippen LogP contribution in [0.1, 0.15) is 12.5 Å². The number of ether oxygens (including phenoxy) is 2. The van der Waals surface area contributed by atoms with Crippen molar-refractivity contribution < 1.29 is 50.4 Å². The summed E-state index contributed by atoms with van der Waals surface area (Å²) in [6.07, 6.45) is -10.9. The zero-order chi connectivity index (χ0) is 33.0. The molecule has 3 saturated heterocycles. The first kappa shape index (κ1) is 31.9. The number of aromatic amines is 1. The van der Waals surface area contributed by atoms with Crippen molar-refractivity contribution in [3.63, 3.8) is 0 Å². The number of halogens is 2. The van der Waals surface area contributed by atoms with Crippen molar-refractivity contribution in [1.82, 2.24) is 29.1 Å². The predicted octanol–water partition coefficient (Wildman–Crippen LogP) is 1.40. The third-order valence-electron chi connectivity index (χ3n) is 7.77. The highest BCUT2D eigenvalue weighted by molar-refractivity contribution is 7.47. The van der Waals surface area contributed by atoms with Gasteiger partial charge in [-0.3, -0.25) is 37.0 Å². The molecule has 7 rings (SSSR count). The predicted molar refractivity (Wildman–Crippen MR) is 155 cm³/mol. The minimum Gasteiger partial charge on any atom is -0.382 e. The van der Waals surface area contributed by atoms with Crippen molar-refractivity contribution >= 4 is 33.1 Å². The maximum atomic E-state index is 16.0. The molecule has 18 nitrogen and oxygen atoms in total. The van der Waals surface area contributed by atoms with Gasteiger partial charge in [0.2, 0.25) is 0 Å². The topological polar surface area (TPSA) is 234 Å². The number of anilines is 1. The molecule has 4 aromatic rings. The van der Waals surface area contributed by atoms with Crippen molar-refractivity contribution in [2.45, 2.75) is 49.2 Å². The molecule has 0 aliphatic carbocycles. The van der Waals surface area contributed by atoms with Gasteiger partial charge in [0.25, 0.3) is 5.56 Å². The molecule has 3 aliphatic rings. The van der Waals surface area contributed by atoms with Gasteiger partial charge in [-0.05, 0) is 5.56 Å². The van der Waals surface area contributed by atoms with Gasteiger partial charge < -0.3 is 24.6 Å². The highest BCUT2D eigenvalue weighted by Gasteiger charge is 2.53. The third-order valence-corrected chi connectivity index (χ3v) is 9.63. The Kier molecular flexibility index (Phi) is 8.40. The molecule has 3 aromatic heterocycles. The van der Waals surface area contributed by atoms with Crippen LogP contribution in [0, 0.1) is 0 Å². The minimum absolute atomic E-state index is 0.000513. The lowest BCUT2D eigenvalue weighted by Gasteiger charge is -2.23. The van der Waals surface area contributed by atoms with E-state index in [0.29, 0.717) is 5.56 Å². The third kappa shape index (κ3) is 5.96. The van der Waals surface area contributed by atoms with E-state index in [0.717, 1.165) is 17.1 Å². The van der Waals surface area contributed by atoms with Crippen LogP contribution in [-0.2, 0) is 36.7 Å². The molecule has 0 saturated carbocycles. The maximum absolute atomic E-state index is 16.0. The quantitative estimate of drug-likeness (QED) is 0.257. The van der Waals surface area contributed by atoms with Gasteiger partial charge in [0.15, 0.2) is 36.3 Å². The Labute approximate surface area is 261 Å². The molecule has 2 bridgehead atoms. The van der Waals surface area contributed by atoms with Gasteiger partial charge in [0.1, 0.15) is 36.3 Å².